The molecule has 2 aromatic rings. The van der Waals surface area contributed by atoms with Crippen LogP contribution in [0.4, 0.5) is 0 Å². The number of aromatic nitrogens is 1. The van der Waals surface area contributed by atoms with Gasteiger partial charge in [-0.3, -0.25) is 9.69 Å². The highest BCUT2D eigenvalue weighted by Crippen LogP contribution is 2.26. The van der Waals surface area contributed by atoms with Gasteiger partial charge in [0.05, 0.1) is 11.1 Å². The van der Waals surface area contributed by atoms with E-state index in [0.29, 0.717) is 36.1 Å². The number of fused-ring (bicyclic) bond motifs is 1. The summed E-state index contributed by atoms with van der Waals surface area (Å²) in [6.07, 6.45) is 3.53. The van der Waals surface area contributed by atoms with Crippen LogP contribution in [0.2, 0.25) is 0 Å². The molecular weight excluding hydrogens is 264 g/mol. The second-order valence-electron chi connectivity index (χ2n) is 5.10. The van der Waals surface area contributed by atoms with Crippen molar-refractivity contribution >= 4 is 10.9 Å². The molecule has 2 rings (SSSR count). The fourth-order valence-corrected chi connectivity index (χ4v) is 2.37. The Labute approximate surface area is 124 Å². The quantitative estimate of drug-likeness (QED) is 0.802. The molecule has 1 aromatic heterocycles. The third-order valence-electron chi connectivity index (χ3n) is 3.39. The molecule has 0 aliphatic heterocycles. The molecule has 110 valence electrons. The van der Waals surface area contributed by atoms with E-state index in [-0.39, 0.29) is 11.3 Å². The van der Waals surface area contributed by atoms with E-state index in [0.717, 1.165) is 5.56 Å². The highest BCUT2D eigenvalue weighted by molar-refractivity contribution is 5.86. The second kappa shape index (κ2) is 6.41. The molecule has 0 unspecified atom stereocenters. The number of H-pyrrole nitrogens is 1. The summed E-state index contributed by atoms with van der Waals surface area (Å²) in [5.74, 6) is 0.0515. The number of aromatic hydroxyl groups is 1. The van der Waals surface area contributed by atoms with E-state index in [1.165, 1.54) is 0 Å². The zero-order chi connectivity index (χ0) is 15.4. The van der Waals surface area contributed by atoms with Crippen LogP contribution in [0.15, 0.2) is 48.3 Å². The molecule has 0 fully saturated rings. The lowest BCUT2D eigenvalue weighted by Crippen LogP contribution is -2.27. The van der Waals surface area contributed by atoms with Crippen LogP contribution >= 0.6 is 0 Å². The zero-order valence-electron chi connectivity index (χ0n) is 12.2. The van der Waals surface area contributed by atoms with Gasteiger partial charge in [0.15, 0.2) is 0 Å². The summed E-state index contributed by atoms with van der Waals surface area (Å²) in [6, 6.07) is 5.58. The molecule has 0 aliphatic rings. The van der Waals surface area contributed by atoms with E-state index in [1.807, 2.05) is 24.0 Å². The number of nitrogens with one attached hydrogen (secondary N) is 1. The number of pyridine rings is 1. The largest absolute Gasteiger partial charge is 0.507 e. The van der Waals surface area contributed by atoms with Crippen LogP contribution in [-0.2, 0) is 6.54 Å². The Balaban J connectivity index is 2.50. The highest BCUT2D eigenvalue weighted by Gasteiger charge is 2.14. The van der Waals surface area contributed by atoms with Gasteiger partial charge in [-0.15, -0.1) is 13.2 Å². The number of rotatable bonds is 6. The summed E-state index contributed by atoms with van der Waals surface area (Å²) in [7, 11) is 0. The third-order valence-corrected chi connectivity index (χ3v) is 3.39. The lowest BCUT2D eigenvalue weighted by molar-refractivity contribution is 0.319. The zero-order valence-corrected chi connectivity index (χ0v) is 12.2. The fraction of sp³-hybridized carbons (Fsp3) is 0.235. The van der Waals surface area contributed by atoms with Gasteiger partial charge in [0.1, 0.15) is 5.75 Å². The average molecular weight is 284 g/mol. The number of aromatic amines is 1. The normalized spacial score (nSPS) is 11.0. The first-order valence-corrected chi connectivity index (χ1v) is 6.85. The lowest BCUT2D eigenvalue weighted by atomic mass is 10.1. The first-order valence-electron chi connectivity index (χ1n) is 6.85. The number of hydrogen-bond donors (Lipinski definition) is 2. The van der Waals surface area contributed by atoms with Gasteiger partial charge in [0.2, 0.25) is 0 Å². The Bertz CT molecular complexity index is 721. The maximum Gasteiger partial charge on any atom is 0.256 e. The van der Waals surface area contributed by atoms with Crippen molar-refractivity contribution < 1.29 is 5.11 Å². The summed E-state index contributed by atoms with van der Waals surface area (Å²) in [5, 5.41) is 11.1. The standard InChI is InChI=1S/C17H20N2O2/c1-4-8-19(9-5-2)11-14-16(20)13-10-12(3)6-7-15(13)18-17(14)21/h4-7,10H,1-2,8-9,11H2,3H3,(H2,18,20,21). The second-order valence-corrected chi connectivity index (χ2v) is 5.10. The maximum absolute atomic E-state index is 12.2. The Morgan fingerprint density at radius 1 is 1.29 bits per heavy atom. The molecule has 4 heteroatoms. The number of hydrogen-bond acceptors (Lipinski definition) is 3. The number of aryl methyl sites for hydroxylation is 1. The summed E-state index contributed by atoms with van der Waals surface area (Å²) in [4.78, 5) is 17.0. The predicted octanol–water partition coefficient (Wildman–Crippen LogP) is 2.72. The minimum atomic E-state index is -0.262. The van der Waals surface area contributed by atoms with Crippen molar-refractivity contribution in [2.24, 2.45) is 0 Å². The molecule has 0 saturated heterocycles. The molecule has 0 atom stereocenters. The van der Waals surface area contributed by atoms with Gasteiger partial charge >= 0.3 is 0 Å². The third kappa shape index (κ3) is 3.23. The van der Waals surface area contributed by atoms with Crippen LogP contribution < -0.4 is 5.56 Å². The highest BCUT2D eigenvalue weighted by atomic mass is 16.3. The molecule has 0 spiro atoms. The van der Waals surface area contributed by atoms with Crippen LogP contribution in [0.25, 0.3) is 10.9 Å². The van der Waals surface area contributed by atoms with Gasteiger partial charge in [-0.25, -0.2) is 0 Å². The van der Waals surface area contributed by atoms with Gasteiger partial charge in [-0.2, -0.15) is 0 Å². The Morgan fingerprint density at radius 2 is 1.95 bits per heavy atom. The van der Waals surface area contributed by atoms with E-state index >= 15 is 0 Å². The monoisotopic (exact) mass is 284 g/mol. The van der Waals surface area contributed by atoms with Gasteiger partial charge in [-0.1, -0.05) is 23.8 Å². The summed E-state index contributed by atoms with van der Waals surface area (Å²) in [5.41, 5.74) is 1.79. The van der Waals surface area contributed by atoms with E-state index in [2.05, 4.69) is 18.1 Å². The van der Waals surface area contributed by atoms with Gasteiger partial charge in [-0.05, 0) is 19.1 Å². The number of benzene rings is 1. The van der Waals surface area contributed by atoms with Crippen LogP contribution in [0.1, 0.15) is 11.1 Å². The van der Waals surface area contributed by atoms with Crippen molar-refractivity contribution in [3.05, 3.63) is 65.0 Å². The van der Waals surface area contributed by atoms with Gasteiger partial charge in [0, 0.05) is 25.0 Å². The molecule has 0 bridgehead atoms. The van der Waals surface area contributed by atoms with Crippen molar-refractivity contribution in [1.29, 1.82) is 0 Å². The summed E-state index contributed by atoms with van der Waals surface area (Å²) in [6.45, 7) is 11.0. The summed E-state index contributed by atoms with van der Waals surface area (Å²) >= 11 is 0. The summed E-state index contributed by atoms with van der Waals surface area (Å²) < 4.78 is 0. The molecule has 4 nitrogen and oxygen atoms in total. The minimum absolute atomic E-state index is 0.0515. The van der Waals surface area contributed by atoms with E-state index in [4.69, 9.17) is 0 Å². The van der Waals surface area contributed by atoms with E-state index in [9.17, 15) is 9.90 Å². The Kier molecular flexibility index (Phi) is 4.60. The van der Waals surface area contributed by atoms with Gasteiger partial charge in [0.25, 0.3) is 5.56 Å². The van der Waals surface area contributed by atoms with E-state index < -0.39 is 0 Å². The van der Waals surface area contributed by atoms with Crippen molar-refractivity contribution in [2.75, 3.05) is 13.1 Å². The maximum atomic E-state index is 12.2. The van der Waals surface area contributed by atoms with Crippen LogP contribution in [0, 0.1) is 6.92 Å². The molecule has 1 heterocycles. The molecule has 0 amide bonds. The Hall–Kier alpha value is -2.33. The minimum Gasteiger partial charge on any atom is -0.507 e. The smallest absolute Gasteiger partial charge is 0.256 e. The number of nitrogens with zero attached hydrogens (tertiary/aromatic N) is 1. The van der Waals surface area contributed by atoms with Crippen LogP contribution in [0.5, 0.6) is 5.75 Å². The van der Waals surface area contributed by atoms with Gasteiger partial charge < -0.3 is 10.1 Å². The van der Waals surface area contributed by atoms with Crippen molar-refractivity contribution in [3.63, 3.8) is 0 Å². The lowest BCUT2D eigenvalue weighted by Gasteiger charge is -2.19. The molecule has 21 heavy (non-hydrogen) atoms. The molecule has 0 radical (unpaired) electrons. The first-order chi connectivity index (χ1) is 10.1. The van der Waals surface area contributed by atoms with Crippen molar-refractivity contribution in [3.8, 4) is 5.75 Å². The molecule has 2 N–H and O–H groups in total. The first kappa shape index (κ1) is 15.1. The van der Waals surface area contributed by atoms with E-state index in [1.54, 1.807) is 18.2 Å². The molecule has 0 aliphatic carbocycles. The molecule has 1 aromatic carbocycles. The van der Waals surface area contributed by atoms with Crippen molar-refractivity contribution in [2.45, 2.75) is 13.5 Å². The molecular formula is C17H20N2O2. The van der Waals surface area contributed by atoms with Crippen molar-refractivity contribution in [1.82, 2.24) is 9.88 Å². The fourth-order valence-electron chi connectivity index (χ4n) is 2.37. The van der Waals surface area contributed by atoms with Crippen LogP contribution in [0.3, 0.4) is 0 Å². The van der Waals surface area contributed by atoms with Crippen LogP contribution in [-0.4, -0.2) is 28.1 Å². The topological polar surface area (TPSA) is 56.3 Å². The molecule has 0 saturated carbocycles. The predicted molar refractivity (Wildman–Crippen MR) is 86.6 cm³/mol. The Morgan fingerprint density at radius 3 is 2.57 bits per heavy atom. The average Bonchev–Trinajstić information content (AvgIpc) is 2.45. The SMILES string of the molecule is C=CCN(CC=C)Cc1c(O)c2cc(C)ccc2[nH]c1=O.